The van der Waals surface area contributed by atoms with Crippen LogP contribution in [0.5, 0.6) is 5.75 Å². The first-order chi connectivity index (χ1) is 8.53. The molecule has 4 heteroatoms. The van der Waals surface area contributed by atoms with Gasteiger partial charge in [0, 0.05) is 15.2 Å². The first kappa shape index (κ1) is 13.0. The molecule has 96 valence electrons. The Morgan fingerprint density at radius 2 is 1.94 bits per heavy atom. The smallest absolute Gasteiger partial charge is 0.151 e. The van der Waals surface area contributed by atoms with Crippen molar-refractivity contribution in [3.05, 3.63) is 29.3 Å². The molecule has 0 saturated heterocycles. The highest BCUT2D eigenvalue weighted by molar-refractivity contribution is 8.01. The third-order valence-corrected chi connectivity index (χ3v) is 4.30. The Hall–Kier alpha value is -1.42. The summed E-state index contributed by atoms with van der Waals surface area (Å²) in [6.07, 6.45) is 0.888. The van der Waals surface area contributed by atoms with Crippen molar-refractivity contribution >= 4 is 23.8 Å². The van der Waals surface area contributed by atoms with Gasteiger partial charge in [0.15, 0.2) is 6.29 Å². The molecule has 3 nitrogen and oxygen atoms in total. The number of benzene rings is 1. The summed E-state index contributed by atoms with van der Waals surface area (Å²) in [7, 11) is 3.24. The molecular formula is C14H16O3S. The number of methoxy groups -OCH3 is 2. The molecule has 0 fully saturated rings. The fraction of sp³-hybridized carbons (Fsp3) is 0.357. The third-order valence-electron chi connectivity index (χ3n) is 3.01. The molecule has 0 spiro atoms. The first-order valence-corrected chi connectivity index (χ1v) is 6.46. The summed E-state index contributed by atoms with van der Waals surface area (Å²) in [5.41, 5.74) is 1.64. The number of carbonyl (C=O) groups is 1. The molecule has 0 atom stereocenters. The zero-order chi connectivity index (χ0) is 13.3. The number of ether oxygens (including phenoxy) is 2. The number of carbonyl (C=O) groups excluding carboxylic acids is 1. The van der Waals surface area contributed by atoms with Crippen molar-refractivity contribution in [3.8, 4) is 5.75 Å². The number of aldehydes is 1. The van der Waals surface area contributed by atoms with Crippen molar-refractivity contribution < 1.29 is 14.3 Å². The van der Waals surface area contributed by atoms with E-state index in [4.69, 9.17) is 9.47 Å². The quantitative estimate of drug-likeness (QED) is 0.786. The standard InChI is InChI=1S/C14H16O3S/c1-14(2)11(8-15)13(17-4)10-6-5-9(16-3)7-12(10)18-14/h5-8H,1-4H3. The molecule has 0 radical (unpaired) electrons. The fourth-order valence-electron chi connectivity index (χ4n) is 2.07. The number of fused-ring (bicyclic) bond motifs is 1. The average molecular weight is 264 g/mol. The van der Waals surface area contributed by atoms with E-state index < -0.39 is 0 Å². The van der Waals surface area contributed by atoms with Crippen LogP contribution in [-0.4, -0.2) is 25.3 Å². The Labute approximate surface area is 111 Å². The Morgan fingerprint density at radius 3 is 2.50 bits per heavy atom. The van der Waals surface area contributed by atoms with E-state index in [0.29, 0.717) is 11.3 Å². The highest BCUT2D eigenvalue weighted by Crippen LogP contribution is 2.48. The van der Waals surface area contributed by atoms with Crippen LogP contribution in [0.2, 0.25) is 0 Å². The van der Waals surface area contributed by atoms with E-state index in [9.17, 15) is 4.79 Å². The lowest BCUT2D eigenvalue weighted by Crippen LogP contribution is -2.25. The minimum absolute atomic E-state index is 0.299. The Kier molecular flexibility index (Phi) is 3.39. The molecule has 2 rings (SSSR count). The molecule has 1 aliphatic rings. The van der Waals surface area contributed by atoms with E-state index in [1.54, 1.807) is 26.0 Å². The van der Waals surface area contributed by atoms with Gasteiger partial charge in [-0.1, -0.05) is 0 Å². The van der Waals surface area contributed by atoms with E-state index in [1.165, 1.54) is 0 Å². The molecule has 0 amide bonds. The largest absolute Gasteiger partial charge is 0.497 e. The maximum atomic E-state index is 11.3. The summed E-state index contributed by atoms with van der Waals surface area (Å²) in [6.45, 7) is 4.03. The van der Waals surface area contributed by atoms with Crippen LogP contribution in [-0.2, 0) is 9.53 Å². The molecule has 0 N–H and O–H groups in total. The maximum Gasteiger partial charge on any atom is 0.151 e. The van der Waals surface area contributed by atoms with E-state index in [-0.39, 0.29) is 4.75 Å². The molecule has 0 aromatic heterocycles. The first-order valence-electron chi connectivity index (χ1n) is 5.65. The molecule has 1 aromatic rings. The monoisotopic (exact) mass is 264 g/mol. The maximum absolute atomic E-state index is 11.3. The number of hydrogen-bond acceptors (Lipinski definition) is 4. The van der Waals surface area contributed by atoms with Crippen LogP contribution < -0.4 is 4.74 Å². The molecular weight excluding hydrogens is 248 g/mol. The summed E-state index contributed by atoms with van der Waals surface area (Å²) >= 11 is 1.65. The molecule has 0 unspecified atom stereocenters. The van der Waals surface area contributed by atoms with Crippen molar-refractivity contribution in [2.75, 3.05) is 14.2 Å². The predicted molar refractivity (Wildman–Crippen MR) is 72.9 cm³/mol. The zero-order valence-electron chi connectivity index (χ0n) is 10.9. The predicted octanol–water partition coefficient (Wildman–Crippen LogP) is 3.14. The number of hydrogen-bond donors (Lipinski definition) is 0. The van der Waals surface area contributed by atoms with Crippen LogP contribution in [0, 0.1) is 0 Å². The molecule has 1 aliphatic heterocycles. The second-order valence-electron chi connectivity index (χ2n) is 4.54. The third kappa shape index (κ3) is 2.01. The molecule has 0 bridgehead atoms. The van der Waals surface area contributed by atoms with Gasteiger partial charge in [-0.3, -0.25) is 4.79 Å². The SMILES string of the molecule is COC1=C(C=O)C(C)(C)Sc2cc(OC)ccc21. The second kappa shape index (κ2) is 4.69. The van der Waals surface area contributed by atoms with Gasteiger partial charge in [0.25, 0.3) is 0 Å². The van der Waals surface area contributed by atoms with E-state index in [1.807, 2.05) is 32.0 Å². The van der Waals surface area contributed by atoms with Gasteiger partial charge >= 0.3 is 0 Å². The van der Waals surface area contributed by atoms with Gasteiger partial charge in [-0.25, -0.2) is 0 Å². The fourth-order valence-corrected chi connectivity index (χ4v) is 3.31. The van der Waals surface area contributed by atoms with Gasteiger partial charge in [0.05, 0.1) is 19.8 Å². The van der Waals surface area contributed by atoms with Gasteiger partial charge in [0.1, 0.15) is 11.5 Å². The number of thioether (sulfide) groups is 1. The molecule has 1 heterocycles. The van der Waals surface area contributed by atoms with Gasteiger partial charge in [-0.15, -0.1) is 11.8 Å². The van der Waals surface area contributed by atoms with Gasteiger partial charge in [0.2, 0.25) is 0 Å². The summed E-state index contributed by atoms with van der Waals surface area (Å²) in [4.78, 5) is 12.4. The molecule has 0 aliphatic carbocycles. The molecule has 18 heavy (non-hydrogen) atoms. The summed E-state index contributed by atoms with van der Waals surface area (Å²) in [5, 5.41) is 0. The van der Waals surface area contributed by atoms with Crippen molar-refractivity contribution in [1.29, 1.82) is 0 Å². The molecule has 0 saturated carbocycles. The topological polar surface area (TPSA) is 35.5 Å². The van der Waals surface area contributed by atoms with Gasteiger partial charge in [-0.2, -0.15) is 0 Å². The lowest BCUT2D eigenvalue weighted by Gasteiger charge is -2.32. The van der Waals surface area contributed by atoms with E-state index in [0.717, 1.165) is 22.5 Å². The average Bonchev–Trinajstić information content (AvgIpc) is 2.35. The lowest BCUT2D eigenvalue weighted by molar-refractivity contribution is -0.105. The van der Waals surface area contributed by atoms with Gasteiger partial charge in [-0.05, 0) is 32.0 Å². The molecule has 1 aromatic carbocycles. The second-order valence-corrected chi connectivity index (χ2v) is 6.20. The van der Waals surface area contributed by atoms with E-state index in [2.05, 4.69) is 0 Å². The minimum atomic E-state index is -0.299. The van der Waals surface area contributed by atoms with Crippen molar-refractivity contribution in [3.63, 3.8) is 0 Å². The van der Waals surface area contributed by atoms with Crippen molar-refractivity contribution in [2.24, 2.45) is 0 Å². The van der Waals surface area contributed by atoms with Crippen LogP contribution >= 0.6 is 11.8 Å². The summed E-state index contributed by atoms with van der Waals surface area (Å²) < 4.78 is 10.4. The Morgan fingerprint density at radius 1 is 1.22 bits per heavy atom. The van der Waals surface area contributed by atoms with Crippen LogP contribution in [0.4, 0.5) is 0 Å². The summed E-state index contributed by atoms with van der Waals surface area (Å²) in [6, 6.07) is 5.78. The van der Waals surface area contributed by atoms with Crippen LogP contribution in [0.1, 0.15) is 19.4 Å². The minimum Gasteiger partial charge on any atom is -0.497 e. The highest BCUT2D eigenvalue weighted by Gasteiger charge is 2.35. The number of rotatable bonds is 3. The highest BCUT2D eigenvalue weighted by atomic mass is 32.2. The Bertz CT molecular complexity index is 518. The van der Waals surface area contributed by atoms with Crippen LogP contribution in [0.3, 0.4) is 0 Å². The lowest BCUT2D eigenvalue weighted by atomic mass is 9.97. The van der Waals surface area contributed by atoms with Crippen LogP contribution in [0.15, 0.2) is 28.7 Å². The zero-order valence-corrected chi connectivity index (χ0v) is 11.8. The summed E-state index contributed by atoms with van der Waals surface area (Å²) in [5.74, 6) is 1.47. The van der Waals surface area contributed by atoms with Crippen LogP contribution in [0.25, 0.3) is 5.76 Å². The normalized spacial score (nSPS) is 17.1. The van der Waals surface area contributed by atoms with E-state index >= 15 is 0 Å². The Balaban J connectivity index is 2.65. The van der Waals surface area contributed by atoms with Crippen molar-refractivity contribution in [2.45, 2.75) is 23.5 Å². The van der Waals surface area contributed by atoms with Gasteiger partial charge < -0.3 is 9.47 Å². The van der Waals surface area contributed by atoms with Crippen molar-refractivity contribution in [1.82, 2.24) is 0 Å².